The van der Waals surface area contributed by atoms with Crippen LogP contribution in [0.5, 0.6) is 11.5 Å². The summed E-state index contributed by atoms with van der Waals surface area (Å²) in [5.41, 5.74) is 3.04. The number of aromatic nitrogens is 1. The van der Waals surface area contributed by atoms with Crippen LogP contribution in [0, 0.1) is 6.92 Å². The number of carbonyl (C=O) groups is 2. The summed E-state index contributed by atoms with van der Waals surface area (Å²) in [4.78, 5) is 44.9. The summed E-state index contributed by atoms with van der Waals surface area (Å²) in [7, 11) is 1.54. The number of nitrogens with zero attached hydrogens (tertiary/aromatic N) is 2. The number of fused-ring (bicyclic) bond motifs is 1. The number of hydrogen-bond donors (Lipinski definition) is 0. The number of rotatable bonds is 10. The molecule has 0 fully saturated rings. The maximum absolute atomic E-state index is 14.1. The fourth-order valence-corrected chi connectivity index (χ4v) is 6.89. The highest BCUT2D eigenvalue weighted by Gasteiger charge is 2.35. The highest BCUT2D eigenvalue weighted by molar-refractivity contribution is 9.10. The van der Waals surface area contributed by atoms with Crippen molar-refractivity contribution in [3.63, 3.8) is 0 Å². The third-order valence-electron chi connectivity index (χ3n) is 7.36. The van der Waals surface area contributed by atoms with Crippen LogP contribution in [0.4, 0.5) is 0 Å². The van der Waals surface area contributed by atoms with E-state index >= 15 is 0 Å². The highest BCUT2D eigenvalue weighted by atomic mass is 79.9. The van der Waals surface area contributed by atoms with Gasteiger partial charge in [-0.15, -0.1) is 0 Å². The molecular formula is C35H35BrN2O8S. The van der Waals surface area contributed by atoms with Gasteiger partial charge in [-0.3, -0.25) is 9.36 Å². The zero-order valence-electron chi connectivity index (χ0n) is 27.1. The van der Waals surface area contributed by atoms with E-state index in [1.54, 1.807) is 71.2 Å². The quantitative estimate of drug-likeness (QED) is 0.180. The standard InChI is InChI=1S/C35H35BrN2O8S/c1-8-43-28-16-24(25(36)17-27(28)42-7)31-30(34(41)44-9-2)20(6)37-35-38(31)32(39)29(47-35)15-22-11-13-26(46-22)23-12-10-21(14-19(23)5)33(40)45-18(3)4/h10-18,31H,8-9H2,1-7H3/b29-15+/t31-/m1/s1. The summed E-state index contributed by atoms with van der Waals surface area (Å²) < 4.78 is 30.7. The Hall–Kier alpha value is -4.42. The zero-order valence-corrected chi connectivity index (χ0v) is 29.5. The van der Waals surface area contributed by atoms with E-state index in [-0.39, 0.29) is 29.8 Å². The summed E-state index contributed by atoms with van der Waals surface area (Å²) in [6.07, 6.45) is 1.44. The molecule has 2 aromatic carbocycles. The Balaban J connectivity index is 1.60. The Kier molecular flexibility index (Phi) is 10.2. The number of allylic oxidation sites excluding steroid dienone is 1. The summed E-state index contributed by atoms with van der Waals surface area (Å²) in [5.74, 6) is 1.05. The van der Waals surface area contributed by atoms with Crippen LogP contribution >= 0.6 is 27.3 Å². The molecule has 246 valence electrons. The van der Waals surface area contributed by atoms with Gasteiger partial charge in [0.1, 0.15) is 11.5 Å². The predicted molar refractivity (Wildman–Crippen MR) is 182 cm³/mol. The Morgan fingerprint density at radius 2 is 1.83 bits per heavy atom. The molecule has 0 saturated carbocycles. The van der Waals surface area contributed by atoms with Crippen molar-refractivity contribution in [2.75, 3.05) is 20.3 Å². The van der Waals surface area contributed by atoms with Crippen molar-refractivity contribution >= 4 is 45.3 Å². The number of carbonyl (C=O) groups excluding carboxylic acids is 2. The third kappa shape index (κ3) is 6.84. The van der Waals surface area contributed by atoms with E-state index in [2.05, 4.69) is 20.9 Å². The second-order valence-electron chi connectivity index (χ2n) is 10.9. The minimum Gasteiger partial charge on any atom is -0.493 e. The van der Waals surface area contributed by atoms with Gasteiger partial charge in [0.15, 0.2) is 16.3 Å². The van der Waals surface area contributed by atoms with Gasteiger partial charge in [0.2, 0.25) is 0 Å². The lowest BCUT2D eigenvalue weighted by atomic mass is 9.95. The van der Waals surface area contributed by atoms with Crippen LogP contribution < -0.4 is 24.4 Å². The molecule has 1 atom stereocenters. The SMILES string of the molecule is CCOC(=O)C1=C(C)N=c2s/c(=C/c3ccc(-c4ccc(C(=O)OC(C)C)cc4C)o3)c(=O)n2[C@@H]1c1cc(OCC)c(OC)cc1Br. The molecular weight excluding hydrogens is 688 g/mol. The molecule has 47 heavy (non-hydrogen) atoms. The number of methoxy groups -OCH3 is 1. The molecule has 1 aliphatic rings. The molecule has 0 radical (unpaired) electrons. The van der Waals surface area contributed by atoms with Crippen LogP contribution in [-0.2, 0) is 14.3 Å². The molecule has 0 aliphatic carbocycles. The van der Waals surface area contributed by atoms with Crippen molar-refractivity contribution in [1.29, 1.82) is 0 Å². The first-order valence-electron chi connectivity index (χ1n) is 15.1. The molecule has 0 spiro atoms. The zero-order chi connectivity index (χ0) is 34.0. The first-order chi connectivity index (χ1) is 22.5. The monoisotopic (exact) mass is 722 g/mol. The van der Waals surface area contributed by atoms with Crippen LogP contribution in [-0.4, -0.2) is 42.9 Å². The van der Waals surface area contributed by atoms with Crippen LogP contribution in [0.2, 0.25) is 0 Å². The van der Waals surface area contributed by atoms with E-state index in [0.717, 1.165) is 11.1 Å². The Morgan fingerprint density at radius 3 is 2.49 bits per heavy atom. The number of esters is 2. The molecule has 10 nitrogen and oxygen atoms in total. The van der Waals surface area contributed by atoms with E-state index in [0.29, 0.717) is 60.3 Å². The van der Waals surface area contributed by atoms with Gasteiger partial charge in [0, 0.05) is 16.1 Å². The van der Waals surface area contributed by atoms with Crippen molar-refractivity contribution in [2.24, 2.45) is 4.99 Å². The number of benzene rings is 2. The van der Waals surface area contributed by atoms with Gasteiger partial charge in [-0.25, -0.2) is 14.6 Å². The van der Waals surface area contributed by atoms with Crippen LogP contribution in [0.25, 0.3) is 17.4 Å². The molecule has 12 heteroatoms. The lowest BCUT2D eigenvalue weighted by molar-refractivity contribution is -0.139. The average Bonchev–Trinajstić information content (AvgIpc) is 3.60. The summed E-state index contributed by atoms with van der Waals surface area (Å²) in [6.45, 7) is 11.4. The van der Waals surface area contributed by atoms with Gasteiger partial charge < -0.3 is 23.4 Å². The Morgan fingerprint density at radius 1 is 1.06 bits per heavy atom. The lowest BCUT2D eigenvalue weighted by Crippen LogP contribution is -2.40. The van der Waals surface area contributed by atoms with Crippen molar-refractivity contribution in [3.05, 3.63) is 100 Å². The number of ether oxygens (including phenoxy) is 4. The number of thiazole rings is 1. The minimum absolute atomic E-state index is 0.159. The fourth-order valence-electron chi connectivity index (χ4n) is 5.33. The first-order valence-corrected chi connectivity index (χ1v) is 16.7. The second kappa shape index (κ2) is 14.1. The molecule has 3 heterocycles. The largest absolute Gasteiger partial charge is 0.493 e. The highest BCUT2D eigenvalue weighted by Crippen LogP contribution is 2.41. The Bertz CT molecular complexity index is 2070. The minimum atomic E-state index is -0.859. The van der Waals surface area contributed by atoms with Gasteiger partial charge in [-0.05, 0) is 89.1 Å². The average molecular weight is 724 g/mol. The summed E-state index contributed by atoms with van der Waals surface area (Å²) in [6, 6.07) is 11.5. The van der Waals surface area contributed by atoms with Crippen molar-refractivity contribution in [2.45, 2.75) is 53.7 Å². The smallest absolute Gasteiger partial charge is 0.338 e. The van der Waals surface area contributed by atoms with E-state index in [9.17, 15) is 14.4 Å². The van der Waals surface area contributed by atoms with E-state index in [4.69, 9.17) is 23.4 Å². The molecule has 0 N–H and O–H groups in total. The molecule has 0 unspecified atom stereocenters. The molecule has 0 bridgehead atoms. The maximum atomic E-state index is 14.1. The number of furan rings is 1. The van der Waals surface area contributed by atoms with Crippen LogP contribution in [0.15, 0.2) is 72.4 Å². The second-order valence-corrected chi connectivity index (χ2v) is 12.8. The molecule has 1 aliphatic heterocycles. The van der Waals surface area contributed by atoms with Crippen LogP contribution in [0.3, 0.4) is 0 Å². The number of halogens is 1. The van der Waals surface area contributed by atoms with Gasteiger partial charge in [0.05, 0.1) is 53.8 Å². The van der Waals surface area contributed by atoms with Gasteiger partial charge >= 0.3 is 11.9 Å². The number of aryl methyl sites for hydroxylation is 1. The third-order valence-corrected chi connectivity index (χ3v) is 9.03. The maximum Gasteiger partial charge on any atom is 0.338 e. The van der Waals surface area contributed by atoms with E-state index in [1.165, 1.54) is 15.9 Å². The van der Waals surface area contributed by atoms with E-state index in [1.807, 2.05) is 26.0 Å². The Labute approximate surface area is 284 Å². The fraction of sp³-hybridized carbons (Fsp3) is 0.314. The summed E-state index contributed by atoms with van der Waals surface area (Å²) >= 11 is 4.82. The van der Waals surface area contributed by atoms with Gasteiger partial charge in [0.25, 0.3) is 5.56 Å². The van der Waals surface area contributed by atoms with Gasteiger partial charge in [-0.2, -0.15) is 0 Å². The van der Waals surface area contributed by atoms with Crippen molar-refractivity contribution in [1.82, 2.24) is 4.57 Å². The van der Waals surface area contributed by atoms with Gasteiger partial charge in [-0.1, -0.05) is 33.3 Å². The topological polar surface area (TPSA) is 119 Å². The van der Waals surface area contributed by atoms with E-state index < -0.39 is 12.0 Å². The molecule has 2 aromatic heterocycles. The molecule has 4 aromatic rings. The summed E-state index contributed by atoms with van der Waals surface area (Å²) in [5, 5.41) is 0. The predicted octanol–water partition coefficient (Wildman–Crippen LogP) is 6.10. The first kappa shape index (κ1) is 33.9. The molecule has 0 amide bonds. The molecule has 5 rings (SSSR count). The van der Waals surface area contributed by atoms with Crippen molar-refractivity contribution in [3.8, 4) is 22.8 Å². The lowest BCUT2D eigenvalue weighted by Gasteiger charge is -2.26. The van der Waals surface area contributed by atoms with Crippen molar-refractivity contribution < 1.29 is 33.0 Å². The molecule has 0 saturated heterocycles. The normalized spacial score (nSPS) is 14.6. The number of hydrogen-bond acceptors (Lipinski definition) is 10. The van der Waals surface area contributed by atoms with Crippen LogP contribution in [0.1, 0.15) is 67.9 Å².